The topological polar surface area (TPSA) is 69.1 Å². The van der Waals surface area contributed by atoms with E-state index >= 15 is 0 Å². The summed E-state index contributed by atoms with van der Waals surface area (Å²) in [6.45, 7) is 6.67. The lowest BCUT2D eigenvalue weighted by Crippen LogP contribution is -2.50. The molecule has 0 saturated heterocycles. The minimum Gasteiger partial charge on any atom is -0.368 e. The zero-order valence-corrected chi connectivity index (χ0v) is 10.6. The van der Waals surface area contributed by atoms with Crippen LogP contribution < -0.4 is 11.5 Å². The number of carbonyl (C=O) groups is 1. The molecule has 1 fully saturated rings. The highest BCUT2D eigenvalue weighted by molar-refractivity contribution is 8.00. The molecule has 4 N–H and O–H groups in total. The lowest BCUT2D eigenvalue weighted by molar-refractivity contribution is -0.122. The number of carbonyl (C=O) groups excluding carboxylic acids is 1. The van der Waals surface area contributed by atoms with E-state index in [4.69, 9.17) is 11.5 Å². The van der Waals surface area contributed by atoms with Crippen LogP contribution in [0.2, 0.25) is 0 Å². The molecule has 0 aliphatic heterocycles. The van der Waals surface area contributed by atoms with Crippen molar-refractivity contribution in [2.24, 2.45) is 17.4 Å². The number of thioether (sulfide) groups is 1. The van der Waals surface area contributed by atoms with Crippen molar-refractivity contribution < 1.29 is 4.79 Å². The van der Waals surface area contributed by atoms with E-state index in [0.29, 0.717) is 16.4 Å². The molecule has 4 heteroatoms. The van der Waals surface area contributed by atoms with Gasteiger partial charge in [0, 0.05) is 10.5 Å². The van der Waals surface area contributed by atoms with Gasteiger partial charge >= 0.3 is 0 Å². The quantitative estimate of drug-likeness (QED) is 0.769. The molecule has 1 saturated carbocycles. The summed E-state index contributed by atoms with van der Waals surface area (Å²) in [6, 6.07) is 0. The SMILES string of the molecule is CC(C)C(C)SC1CCC(N)(C(N)=O)C1. The largest absolute Gasteiger partial charge is 0.368 e. The monoisotopic (exact) mass is 230 g/mol. The van der Waals surface area contributed by atoms with E-state index in [1.807, 2.05) is 11.8 Å². The fraction of sp³-hybridized carbons (Fsp3) is 0.909. The number of hydrogen-bond acceptors (Lipinski definition) is 3. The number of primary amides is 1. The van der Waals surface area contributed by atoms with Gasteiger partial charge in [0.2, 0.25) is 5.91 Å². The first kappa shape index (κ1) is 12.8. The fourth-order valence-electron chi connectivity index (χ4n) is 1.83. The minimum absolute atomic E-state index is 0.345. The standard InChI is InChI=1S/C11H22N2OS/c1-7(2)8(3)15-9-4-5-11(13,6-9)10(12)14/h7-9H,4-6,13H2,1-3H3,(H2,12,14). The van der Waals surface area contributed by atoms with Gasteiger partial charge in [0.05, 0.1) is 5.54 Å². The third kappa shape index (κ3) is 3.11. The Morgan fingerprint density at radius 1 is 1.47 bits per heavy atom. The third-order valence-corrected chi connectivity index (χ3v) is 5.10. The molecule has 0 radical (unpaired) electrons. The van der Waals surface area contributed by atoms with Gasteiger partial charge in [-0.15, -0.1) is 0 Å². The second-order valence-electron chi connectivity index (χ2n) is 4.97. The smallest absolute Gasteiger partial charge is 0.237 e. The Hall–Kier alpha value is -0.220. The Bertz CT molecular complexity index is 245. The van der Waals surface area contributed by atoms with E-state index in [1.165, 1.54) is 0 Å². The highest BCUT2D eigenvalue weighted by Gasteiger charge is 2.41. The number of hydrogen-bond donors (Lipinski definition) is 2. The average molecular weight is 230 g/mol. The summed E-state index contributed by atoms with van der Waals surface area (Å²) in [5.74, 6) is 0.319. The molecule has 15 heavy (non-hydrogen) atoms. The van der Waals surface area contributed by atoms with E-state index in [9.17, 15) is 4.79 Å². The second kappa shape index (κ2) is 4.74. The highest BCUT2D eigenvalue weighted by Crippen LogP contribution is 2.38. The molecule has 0 aromatic rings. The van der Waals surface area contributed by atoms with E-state index in [0.717, 1.165) is 19.3 Å². The lowest BCUT2D eigenvalue weighted by atomic mass is 9.99. The Balaban J connectivity index is 2.47. The molecule has 0 aromatic carbocycles. The Morgan fingerprint density at radius 3 is 2.47 bits per heavy atom. The van der Waals surface area contributed by atoms with Gasteiger partial charge < -0.3 is 11.5 Å². The van der Waals surface area contributed by atoms with Crippen LogP contribution in [0, 0.1) is 5.92 Å². The maximum atomic E-state index is 11.2. The molecule has 0 heterocycles. The summed E-state index contributed by atoms with van der Waals surface area (Å²) in [7, 11) is 0. The highest BCUT2D eigenvalue weighted by atomic mass is 32.2. The van der Waals surface area contributed by atoms with E-state index < -0.39 is 5.54 Å². The van der Waals surface area contributed by atoms with Gasteiger partial charge in [0.1, 0.15) is 0 Å². The molecule has 0 aromatic heterocycles. The molecule has 3 nitrogen and oxygen atoms in total. The van der Waals surface area contributed by atoms with Crippen LogP contribution in [0.1, 0.15) is 40.0 Å². The fourth-order valence-corrected chi connectivity index (χ4v) is 3.40. The van der Waals surface area contributed by atoms with Crippen molar-refractivity contribution in [2.45, 2.75) is 56.1 Å². The lowest BCUT2D eigenvalue weighted by Gasteiger charge is -2.22. The number of rotatable bonds is 4. The molecular weight excluding hydrogens is 208 g/mol. The molecule has 88 valence electrons. The molecule has 3 unspecified atom stereocenters. The third-order valence-electron chi connectivity index (χ3n) is 3.34. The summed E-state index contributed by atoms with van der Waals surface area (Å²) < 4.78 is 0. The summed E-state index contributed by atoms with van der Waals surface area (Å²) in [4.78, 5) is 11.2. The van der Waals surface area contributed by atoms with Gasteiger partial charge in [-0.2, -0.15) is 11.8 Å². The second-order valence-corrected chi connectivity index (χ2v) is 6.65. The maximum Gasteiger partial charge on any atom is 0.237 e. The zero-order valence-electron chi connectivity index (χ0n) is 9.82. The van der Waals surface area contributed by atoms with Crippen molar-refractivity contribution in [3.05, 3.63) is 0 Å². The van der Waals surface area contributed by atoms with Crippen LogP contribution in [0.15, 0.2) is 0 Å². The van der Waals surface area contributed by atoms with Crippen molar-refractivity contribution in [1.82, 2.24) is 0 Å². The van der Waals surface area contributed by atoms with Crippen LogP contribution >= 0.6 is 11.8 Å². The normalized spacial score (nSPS) is 33.3. The molecule has 1 rings (SSSR count). The Morgan fingerprint density at radius 2 is 2.07 bits per heavy atom. The zero-order chi connectivity index (χ0) is 11.6. The summed E-state index contributed by atoms with van der Waals surface area (Å²) in [6.07, 6.45) is 2.50. The van der Waals surface area contributed by atoms with Gasteiger partial charge in [-0.3, -0.25) is 4.79 Å². The van der Waals surface area contributed by atoms with Crippen LogP contribution in [-0.2, 0) is 4.79 Å². The van der Waals surface area contributed by atoms with Crippen LogP contribution in [0.25, 0.3) is 0 Å². The van der Waals surface area contributed by atoms with Gasteiger partial charge in [0.25, 0.3) is 0 Å². The van der Waals surface area contributed by atoms with Crippen molar-refractivity contribution in [1.29, 1.82) is 0 Å². The summed E-state index contributed by atoms with van der Waals surface area (Å²) in [5, 5.41) is 1.12. The molecule has 1 amide bonds. The predicted molar refractivity (Wildman–Crippen MR) is 65.6 cm³/mol. The van der Waals surface area contributed by atoms with Crippen LogP contribution in [-0.4, -0.2) is 21.9 Å². The number of nitrogens with two attached hydrogens (primary N) is 2. The Kier molecular flexibility index (Phi) is 4.06. The molecule has 0 bridgehead atoms. The number of amides is 1. The molecule has 1 aliphatic carbocycles. The first-order valence-corrected chi connectivity index (χ1v) is 6.53. The van der Waals surface area contributed by atoms with Crippen molar-refractivity contribution in [2.75, 3.05) is 0 Å². The van der Waals surface area contributed by atoms with Crippen LogP contribution in [0.4, 0.5) is 0 Å². The minimum atomic E-state index is -0.742. The van der Waals surface area contributed by atoms with Crippen molar-refractivity contribution in [3.63, 3.8) is 0 Å². The first-order valence-electron chi connectivity index (χ1n) is 5.59. The van der Waals surface area contributed by atoms with Crippen LogP contribution in [0.3, 0.4) is 0 Å². The van der Waals surface area contributed by atoms with Gasteiger partial charge in [-0.25, -0.2) is 0 Å². The maximum absolute atomic E-state index is 11.2. The van der Waals surface area contributed by atoms with E-state index in [-0.39, 0.29) is 5.91 Å². The van der Waals surface area contributed by atoms with Crippen LogP contribution in [0.5, 0.6) is 0 Å². The van der Waals surface area contributed by atoms with E-state index in [1.54, 1.807) is 0 Å². The Labute approximate surface area is 96.3 Å². The molecule has 3 atom stereocenters. The average Bonchev–Trinajstić information content (AvgIpc) is 2.48. The van der Waals surface area contributed by atoms with Crippen molar-refractivity contribution >= 4 is 17.7 Å². The first-order chi connectivity index (χ1) is 6.85. The van der Waals surface area contributed by atoms with Gasteiger partial charge in [0.15, 0.2) is 0 Å². The van der Waals surface area contributed by atoms with Crippen molar-refractivity contribution in [3.8, 4) is 0 Å². The van der Waals surface area contributed by atoms with E-state index in [2.05, 4.69) is 20.8 Å². The van der Waals surface area contributed by atoms with Gasteiger partial charge in [-0.05, 0) is 25.2 Å². The predicted octanol–water partition coefficient (Wildman–Crippen LogP) is 1.50. The molecular formula is C11H22N2OS. The summed E-state index contributed by atoms with van der Waals surface area (Å²) in [5.41, 5.74) is 10.5. The summed E-state index contributed by atoms with van der Waals surface area (Å²) >= 11 is 1.95. The molecule has 1 aliphatic rings. The van der Waals surface area contributed by atoms with Gasteiger partial charge in [-0.1, -0.05) is 20.8 Å². The molecule has 0 spiro atoms.